The molecule has 0 bridgehead atoms. The normalized spacial score (nSPS) is 10.4. The second kappa shape index (κ2) is 5.05. The first-order valence-corrected chi connectivity index (χ1v) is 6.23. The molecule has 0 aliphatic carbocycles. The molecule has 0 atom stereocenters. The van der Waals surface area contributed by atoms with Gasteiger partial charge in [-0.1, -0.05) is 48.5 Å². The number of furan rings is 1. The zero-order valence-electron chi connectivity index (χ0n) is 10.6. The van der Waals surface area contributed by atoms with Crippen molar-refractivity contribution in [3.63, 3.8) is 0 Å². The van der Waals surface area contributed by atoms with Gasteiger partial charge in [-0.3, -0.25) is 0 Å². The van der Waals surface area contributed by atoms with Crippen molar-refractivity contribution in [3.05, 3.63) is 72.5 Å². The molecule has 20 heavy (non-hydrogen) atoms. The van der Waals surface area contributed by atoms with E-state index >= 15 is 0 Å². The van der Waals surface area contributed by atoms with Gasteiger partial charge >= 0.3 is 5.97 Å². The molecular formula is C17H12O3. The Morgan fingerprint density at radius 2 is 1.50 bits per heavy atom. The van der Waals surface area contributed by atoms with Crippen LogP contribution < -0.4 is 0 Å². The fraction of sp³-hybridized carbons (Fsp3) is 0. The first kappa shape index (κ1) is 12.2. The first-order valence-electron chi connectivity index (χ1n) is 6.23. The highest BCUT2D eigenvalue weighted by atomic mass is 16.4. The van der Waals surface area contributed by atoms with Crippen LogP contribution in [0.4, 0.5) is 0 Å². The van der Waals surface area contributed by atoms with Gasteiger partial charge in [0.25, 0.3) is 0 Å². The van der Waals surface area contributed by atoms with Gasteiger partial charge in [-0.05, 0) is 29.3 Å². The van der Waals surface area contributed by atoms with Crippen LogP contribution in [0.1, 0.15) is 10.6 Å². The fourth-order valence-electron chi connectivity index (χ4n) is 2.09. The van der Waals surface area contributed by atoms with Gasteiger partial charge in [0.15, 0.2) is 0 Å². The Morgan fingerprint density at radius 3 is 2.20 bits per heavy atom. The predicted octanol–water partition coefficient (Wildman–Crippen LogP) is 4.31. The second-order valence-electron chi connectivity index (χ2n) is 4.42. The quantitative estimate of drug-likeness (QED) is 0.766. The maximum absolute atomic E-state index is 10.8. The van der Waals surface area contributed by atoms with Crippen molar-refractivity contribution in [3.8, 4) is 22.5 Å². The summed E-state index contributed by atoms with van der Waals surface area (Å²) in [6.07, 6.45) is 0. The molecule has 2 aromatic carbocycles. The number of aromatic carboxylic acids is 1. The molecule has 1 heterocycles. The Hall–Kier alpha value is -2.81. The third-order valence-corrected chi connectivity index (χ3v) is 3.07. The highest BCUT2D eigenvalue weighted by Crippen LogP contribution is 2.27. The molecule has 98 valence electrons. The summed E-state index contributed by atoms with van der Waals surface area (Å²) < 4.78 is 5.32. The third-order valence-electron chi connectivity index (χ3n) is 3.07. The molecule has 3 aromatic rings. The van der Waals surface area contributed by atoms with E-state index in [1.165, 1.54) is 6.07 Å². The summed E-state index contributed by atoms with van der Waals surface area (Å²) in [4.78, 5) is 10.8. The average Bonchev–Trinajstić information content (AvgIpc) is 2.98. The minimum Gasteiger partial charge on any atom is -0.475 e. The van der Waals surface area contributed by atoms with Crippen LogP contribution in [0.3, 0.4) is 0 Å². The molecule has 3 rings (SSSR count). The average molecular weight is 264 g/mol. The first-order chi connectivity index (χ1) is 9.74. The molecule has 0 amide bonds. The standard InChI is InChI=1S/C17H12O3/c18-17(19)16-10-9-15(20-16)14-8-4-7-13(11-14)12-5-2-1-3-6-12/h1-11H,(H,18,19). The number of carboxylic acids is 1. The maximum Gasteiger partial charge on any atom is 0.371 e. The van der Waals surface area contributed by atoms with Gasteiger partial charge in [-0.2, -0.15) is 0 Å². The molecule has 0 spiro atoms. The van der Waals surface area contributed by atoms with E-state index in [9.17, 15) is 4.79 Å². The van der Waals surface area contributed by atoms with Gasteiger partial charge in [0, 0.05) is 5.56 Å². The summed E-state index contributed by atoms with van der Waals surface area (Å²) in [6.45, 7) is 0. The maximum atomic E-state index is 10.8. The van der Waals surface area contributed by atoms with Crippen molar-refractivity contribution in [2.45, 2.75) is 0 Å². The van der Waals surface area contributed by atoms with E-state index in [1.807, 2.05) is 54.6 Å². The van der Waals surface area contributed by atoms with Crippen LogP contribution in [0.2, 0.25) is 0 Å². The second-order valence-corrected chi connectivity index (χ2v) is 4.42. The lowest BCUT2D eigenvalue weighted by Crippen LogP contribution is -1.91. The van der Waals surface area contributed by atoms with Crippen molar-refractivity contribution >= 4 is 5.97 Å². The molecule has 1 N–H and O–H groups in total. The summed E-state index contributed by atoms with van der Waals surface area (Å²) in [5, 5.41) is 8.88. The summed E-state index contributed by atoms with van der Waals surface area (Å²) in [7, 11) is 0. The Labute approximate surface area is 116 Å². The Bertz CT molecular complexity index is 742. The molecule has 0 unspecified atom stereocenters. The highest BCUT2D eigenvalue weighted by Gasteiger charge is 2.10. The van der Waals surface area contributed by atoms with E-state index in [0.717, 1.165) is 16.7 Å². The molecule has 3 nitrogen and oxygen atoms in total. The number of hydrogen-bond acceptors (Lipinski definition) is 2. The Morgan fingerprint density at radius 1 is 0.800 bits per heavy atom. The van der Waals surface area contributed by atoms with Gasteiger partial charge in [0.2, 0.25) is 5.76 Å². The van der Waals surface area contributed by atoms with Gasteiger partial charge < -0.3 is 9.52 Å². The number of carbonyl (C=O) groups is 1. The number of benzene rings is 2. The molecule has 0 fully saturated rings. The van der Waals surface area contributed by atoms with E-state index in [1.54, 1.807) is 6.07 Å². The number of carboxylic acid groups (broad SMARTS) is 1. The zero-order valence-corrected chi connectivity index (χ0v) is 10.6. The van der Waals surface area contributed by atoms with Crippen LogP contribution in [0.25, 0.3) is 22.5 Å². The minimum absolute atomic E-state index is 0.0508. The molecule has 3 heteroatoms. The van der Waals surface area contributed by atoms with Crippen molar-refractivity contribution < 1.29 is 14.3 Å². The minimum atomic E-state index is -1.06. The molecule has 0 aliphatic rings. The smallest absolute Gasteiger partial charge is 0.371 e. The SMILES string of the molecule is O=C(O)c1ccc(-c2cccc(-c3ccccc3)c2)o1. The molecule has 0 saturated heterocycles. The molecule has 0 saturated carbocycles. The summed E-state index contributed by atoms with van der Waals surface area (Å²) >= 11 is 0. The Balaban J connectivity index is 2.01. The zero-order chi connectivity index (χ0) is 13.9. The van der Waals surface area contributed by atoms with Crippen molar-refractivity contribution in [2.75, 3.05) is 0 Å². The topological polar surface area (TPSA) is 50.4 Å². The lowest BCUT2D eigenvalue weighted by molar-refractivity contribution is 0.0663. The van der Waals surface area contributed by atoms with Gasteiger partial charge in [0.05, 0.1) is 0 Å². The van der Waals surface area contributed by atoms with E-state index in [2.05, 4.69) is 0 Å². The fourth-order valence-corrected chi connectivity index (χ4v) is 2.09. The van der Waals surface area contributed by atoms with Gasteiger partial charge in [0.1, 0.15) is 5.76 Å². The van der Waals surface area contributed by atoms with Gasteiger partial charge in [-0.25, -0.2) is 4.79 Å². The van der Waals surface area contributed by atoms with Crippen molar-refractivity contribution in [1.29, 1.82) is 0 Å². The molecule has 0 radical (unpaired) electrons. The number of rotatable bonds is 3. The van der Waals surface area contributed by atoms with Crippen LogP contribution in [0.15, 0.2) is 71.1 Å². The third kappa shape index (κ3) is 2.34. The van der Waals surface area contributed by atoms with Gasteiger partial charge in [-0.15, -0.1) is 0 Å². The van der Waals surface area contributed by atoms with Crippen molar-refractivity contribution in [2.24, 2.45) is 0 Å². The largest absolute Gasteiger partial charge is 0.475 e. The van der Waals surface area contributed by atoms with E-state index in [-0.39, 0.29) is 5.76 Å². The summed E-state index contributed by atoms with van der Waals surface area (Å²) in [6, 6.07) is 21.0. The van der Waals surface area contributed by atoms with Crippen LogP contribution in [-0.2, 0) is 0 Å². The summed E-state index contributed by atoms with van der Waals surface area (Å²) in [5.74, 6) is -0.555. The molecule has 1 aromatic heterocycles. The van der Waals surface area contributed by atoms with E-state index < -0.39 is 5.97 Å². The Kier molecular flexibility index (Phi) is 3.09. The van der Waals surface area contributed by atoms with E-state index in [4.69, 9.17) is 9.52 Å². The molecule has 0 aliphatic heterocycles. The monoisotopic (exact) mass is 264 g/mol. The van der Waals surface area contributed by atoms with Crippen LogP contribution in [-0.4, -0.2) is 11.1 Å². The summed E-state index contributed by atoms with van der Waals surface area (Å²) in [5.41, 5.74) is 3.04. The predicted molar refractivity (Wildman–Crippen MR) is 76.5 cm³/mol. The number of hydrogen-bond donors (Lipinski definition) is 1. The van der Waals surface area contributed by atoms with Crippen molar-refractivity contribution in [1.82, 2.24) is 0 Å². The molecular weight excluding hydrogens is 252 g/mol. The lowest BCUT2D eigenvalue weighted by Gasteiger charge is -2.03. The highest BCUT2D eigenvalue weighted by molar-refractivity contribution is 5.85. The van der Waals surface area contributed by atoms with E-state index in [0.29, 0.717) is 5.76 Å². The van der Waals surface area contributed by atoms with Crippen LogP contribution in [0, 0.1) is 0 Å². The van der Waals surface area contributed by atoms with Crippen LogP contribution in [0.5, 0.6) is 0 Å². The van der Waals surface area contributed by atoms with Crippen LogP contribution >= 0.6 is 0 Å². The lowest BCUT2D eigenvalue weighted by atomic mass is 10.0.